The molecule has 1 fully saturated rings. The molecule has 3 unspecified atom stereocenters. The van der Waals surface area contributed by atoms with Gasteiger partial charge in [0.2, 0.25) is 0 Å². The van der Waals surface area contributed by atoms with Gasteiger partial charge in [-0.1, -0.05) is 27.7 Å². The van der Waals surface area contributed by atoms with Crippen molar-refractivity contribution in [2.45, 2.75) is 65.5 Å². The Labute approximate surface area is 94.5 Å². The molecule has 2 nitrogen and oxygen atoms in total. The van der Waals surface area contributed by atoms with E-state index in [9.17, 15) is 0 Å². The second-order valence-corrected chi connectivity index (χ2v) is 6.21. The van der Waals surface area contributed by atoms with Crippen LogP contribution in [0.5, 0.6) is 0 Å². The van der Waals surface area contributed by atoms with Crippen LogP contribution in [0.1, 0.15) is 53.4 Å². The molecule has 1 saturated carbocycles. The van der Waals surface area contributed by atoms with Crippen LogP contribution >= 0.6 is 0 Å². The van der Waals surface area contributed by atoms with Crippen LogP contribution in [0.15, 0.2) is 0 Å². The molecule has 1 aliphatic carbocycles. The van der Waals surface area contributed by atoms with Gasteiger partial charge in [0.15, 0.2) is 0 Å². The van der Waals surface area contributed by atoms with E-state index in [0.717, 1.165) is 12.3 Å². The average molecular weight is 213 g/mol. The smallest absolute Gasteiger partial charge is 0.0446 e. The van der Waals surface area contributed by atoms with E-state index in [0.29, 0.717) is 12.1 Å². The van der Waals surface area contributed by atoms with Gasteiger partial charge in [0, 0.05) is 18.7 Å². The predicted molar refractivity (Wildman–Crippen MR) is 64.9 cm³/mol. The molecule has 0 heterocycles. The van der Waals surface area contributed by atoms with Crippen molar-refractivity contribution in [2.24, 2.45) is 11.3 Å². The van der Waals surface area contributed by atoms with Gasteiger partial charge in [0.05, 0.1) is 0 Å². The van der Waals surface area contributed by atoms with Crippen molar-refractivity contribution in [1.82, 2.24) is 5.32 Å². The summed E-state index contributed by atoms with van der Waals surface area (Å²) in [5, 5.41) is 12.8. The van der Waals surface area contributed by atoms with Crippen LogP contribution in [-0.4, -0.2) is 23.8 Å². The third-order valence-corrected chi connectivity index (χ3v) is 3.59. The Hall–Kier alpha value is -0.0800. The summed E-state index contributed by atoms with van der Waals surface area (Å²) in [4.78, 5) is 0. The molecule has 2 heteroatoms. The quantitative estimate of drug-likeness (QED) is 0.752. The standard InChI is InChI=1S/C13H27NO/c1-10-5-6-11(9-10)14-12(7-8-15)13(2,3)4/h10-12,14-15H,5-9H2,1-4H3. The Morgan fingerprint density at radius 2 is 2.00 bits per heavy atom. The van der Waals surface area contributed by atoms with E-state index in [1.807, 2.05) is 0 Å². The Kier molecular flexibility index (Phi) is 4.60. The summed E-state index contributed by atoms with van der Waals surface area (Å²) >= 11 is 0. The van der Waals surface area contributed by atoms with E-state index in [2.05, 4.69) is 33.0 Å². The lowest BCUT2D eigenvalue weighted by molar-refractivity contribution is 0.185. The van der Waals surface area contributed by atoms with Crippen molar-refractivity contribution in [3.05, 3.63) is 0 Å². The lowest BCUT2D eigenvalue weighted by Gasteiger charge is -2.33. The molecular formula is C13H27NO. The third-order valence-electron chi connectivity index (χ3n) is 3.59. The van der Waals surface area contributed by atoms with Crippen LogP contribution in [0.3, 0.4) is 0 Å². The fraction of sp³-hybridized carbons (Fsp3) is 1.00. The summed E-state index contributed by atoms with van der Waals surface area (Å²) in [6, 6.07) is 1.12. The highest BCUT2D eigenvalue weighted by Crippen LogP contribution is 2.28. The van der Waals surface area contributed by atoms with Gasteiger partial charge >= 0.3 is 0 Å². The first-order valence-corrected chi connectivity index (χ1v) is 6.30. The Balaban J connectivity index is 2.44. The van der Waals surface area contributed by atoms with Gasteiger partial charge < -0.3 is 10.4 Å². The molecule has 90 valence electrons. The topological polar surface area (TPSA) is 32.3 Å². The normalized spacial score (nSPS) is 29.4. The number of hydrogen-bond donors (Lipinski definition) is 2. The summed E-state index contributed by atoms with van der Waals surface area (Å²) in [7, 11) is 0. The zero-order valence-electron chi connectivity index (χ0n) is 10.7. The minimum absolute atomic E-state index is 0.245. The molecule has 0 bridgehead atoms. The molecule has 0 amide bonds. The number of aliphatic hydroxyl groups excluding tert-OH is 1. The molecule has 0 radical (unpaired) electrons. The van der Waals surface area contributed by atoms with Crippen molar-refractivity contribution in [1.29, 1.82) is 0 Å². The van der Waals surface area contributed by atoms with E-state index < -0.39 is 0 Å². The number of hydrogen-bond acceptors (Lipinski definition) is 2. The summed E-state index contributed by atoms with van der Waals surface area (Å²) < 4.78 is 0. The molecule has 0 saturated heterocycles. The molecule has 1 aliphatic rings. The maximum absolute atomic E-state index is 9.09. The monoisotopic (exact) mass is 213 g/mol. The molecule has 0 aromatic heterocycles. The van der Waals surface area contributed by atoms with Crippen molar-refractivity contribution < 1.29 is 5.11 Å². The van der Waals surface area contributed by atoms with Gasteiger partial charge in [0.1, 0.15) is 0 Å². The maximum Gasteiger partial charge on any atom is 0.0446 e. The molecule has 0 spiro atoms. The van der Waals surface area contributed by atoms with Gasteiger partial charge in [-0.3, -0.25) is 0 Å². The molecule has 2 N–H and O–H groups in total. The average Bonchev–Trinajstić information content (AvgIpc) is 2.49. The Bertz CT molecular complexity index is 185. The van der Waals surface area contributed by atoms with E-state index in [1.165, 1.54) is 19.3 Å². The van der Waals surface area contributed by atoms with Crippen molar-refractivity contribution in [3.63, 3.8) is 0 Å². The fourth-order valence-electron chi connectivity index (χ4n) is 2.54. The minimum atomic E-state index is 0.245. The molecular weight excluding hydrogens is 186 g/mol. The fourth-order valence-corrected chi connectivity index (χ4v) is 2.54. The lowest BCUT2D eigenvalue weighted by Crippen LogP contribution is -2.45. The zero-order valence-corrected chi connectivity index (χ0v) is 10.7. The lowest BCUT2D eigenvalue weighted by atomic mass is 9.84. The second kappa shape index (κ2) is 5.31. The molecule has 3 atom stereocenters. The number of nitrogens with one attached hydrogen (secondary N) is 1. The second-order valence-electron chi connectivity index (χ2n) is 6.21. The van der Waals surface area contributed by atoms with Crippen molar-refractivity contribution in [3.8, 4) is 0 Å². The van der Waals surface area contributed by atoms with Crippen LogP contribution < -0.4 is 5.32 Å². The molecule has 0 aliphatic heterocycles. The van der Waals surface area contributed by atoms with E-state index in [4.69, 9.17) is 5.11 Å². The zero-order chi connectivity index (χ0) is 11.5. The van der Waals surface area contributed by atoms with Gasteiger partial charge in [-0.25, -0.2) is 0 Å². The third kappa shape index (κ3) is 4.12. The minimum Gasteiger partial charge on any atom is -0.396 e. The van der Waals surface area contributed by atoms with Crippen molar-refractivity contribution in [2.75, 3.05) is 6.61 Å². The summed E-state index contributed by atoms with van der Waals surface area (Å²) in [5.74, 6) is 0.872. The first-order valence-electron chi connectivity index (χ1n) is 6.30. The van der Waals surface area contributed by atoms with Crippen LogP contribution in [0.25, 0.3) is 0 Å². The van der Waals surface area contributed by atoms with Gasteiger partial charge in [-0.15, -0.1) is 0 Å². The molecule has 0 aromatic rings. The van der Waals surface area contributed by atoms with E-state index >= 15 is 0 Å². The first-order chi connectivity index (χ1) is 6.93. The van der Waals surface area contributed by atoms with Crippen molar-refractivity contribution >= 4 is 0 Å². The van der Waals surface area contributed by atoms with E-state index in [-0.39, 0.29) is 12.0 Å². The highest BCUT2D eigenvalue weighted by molar-refractivity contribution is 4.87. The highest BCUT2D eigenvalue weighted by atomic mass is 16.3. The molecule has 0 aromatic carbocycles. The van der Waals surface area contributed by atoms with Gasteiger partial charge in [-0.05, 0) is 37.0 Å². The summed E-state index contributed by atoms with van der Waals surface area (Å²) in [6.07, 6.45) is 4.83. The van der Waals surface area contributed by atoms with Crippen LogP contribution in [0, 0.1) is 11.3 Å². The van der Waals surface area contributed by atoms with E-state index in [1.54, 1.807) is 0 Å². The molecule has 15 heavy (non-hydrogen) atoms. The van der Waals surface area contributed by atoms with Gasteiger partial charge in [-0.2, -0.15) is 0 Å². The Morgan fingerprint density at radius 3 is 2.40 bits per heavy atom. The predicted octanol–water partition coefficient (Wildman–Crippen LogP) is 2.56. The number of rotatable bonds is 4. The SMILES string of the molecule is CC1CCC(NC(CCO)C(C)(C)C)C1. The van der Waals surface area contributed by atoms with Crippen LogP contribution in [-0.2, 0) is 0 Å². The summed E-state index contributed by atoms with van der Waals surface area (Å²) in [5.41, 5.74) is 0.245. The first kappa shape index (κ1) is 13.0. The Morgan fingerprint density at radius 1 is 1.33 bits per heavy atom. The largest absolute Gasteiger partial charge is 0.396 e. The maximum atomic E-state index is 9.09. The van der Waals surface area contributed by atoms with Crippen LogP contribution in [0.2, 0.25) is 0 Å². The molecule has 1 rings (SSSR count). The number of aliphatic hydroxyl groups is 1. The highest BCUT2D eigenvalue weighted by Gasteiger charge is 2.29. The van der Waals surface area contributed by atoms with Crippen LogP contribution in [0.4, 0.5) is 0 Å². The van der Waals surface area contributed by atoms with Gasteiger partial charge in [0.25, 0.3) is 0 Å². The summed E-state index contributed by atoms with van der Waals surface area (Å²) in [6.45, 7) is 9.37.